The van der Waals surface area contributed by atoms with Gasteiger partial charge in [0.15, 0.2) is 0 Å². The van der Waals surface area contributed by atoms with E-state index in [9.17, 15) is 9.18 Å². The van der Waals surface area contributed by atoms with Crippen molar-refractivity contribution >= 4 is 22.5 Å². The minimum Gasteiger partial charge on any atom is -0.340 e. The summed E-state index contributed by atoms with van der Waals surface area (Å²) in [6, 6.07) is 22.6. The van der Waals surface area contributed by atoms with Crippen LogP contribution in [-0.4, -0.2) is 20.3 Å². The molecule has 5 rings (SSSR count). The van der Waals surface area contributed by atoms with Crippen LogP contribution in [-0.2, 0) is 13.1 Å². The number of nitrogens with zero attached hydrogens (tertiary/aromatic N) is 3. The Kier molecular flexibility index (Phi) is 6.18. The summed E-state index contributed by atoms with van der Waals surface area (Å²) in [6.07, 6.45) is 0. The number of nitrogens with one attached hydrogen (secondary N) is 1. The molecule has 0 radical (unpaired) electrons. The van der Waals surface area contributed by atoms with Gasteiger partial charge in [0.05, 0.1) is 23.6 Å². The Morgan fingerprint density at radius 1 is 0.861 bits per heavy atom. The standard InChI is InChI=1S/C30H29FN4O/c1-19-21(3)34(17-23-8-6-5-7-9-23)28-15-12-25(16-27(19)28)30(36)32-29-20(2)33-35(22(29)4)18-24-10-13-26(31)14-11-24/h5-16H,17-18H2,1-4H3,(H,32,36). The van der Waals surface area contributed by atoms with Crippen LogP contribution in [0.4, 0.5) is 10.1 Å². The Balaban J connectivity index is 1.40. The first kappa shape index (κ1) is 23.5. The van der Waals surface area contributed by atoms with E-state index in [0.29, 0.717) is 17.8 Å². The molecule has 182 valence electrons. The van der Waals surface area contributed by atoms with E-state index in [1.165, 1.54) is 29.0 Å². The van der Waals surface area contributed by atoms with E-state index < -0.39 is 0 Å². The van der Waals surface area contributed by atoms with Crippen molar-refractivity contribution in [2.24, 2.45) is 0 Å². The van der Waals surface area contributed by atoms with Crippen molar-refractivity contribution in [2.45, 2.75) is 40.8 Å². The minimum atomic E-state index is -0.266. The molecule has 1 amide bonds. The van der Waals surface area contributed by atoms with Crippen LogP contribution >= 0.6 is 0 Å². The highest BCUT2D eigenvalue weighted by molar-refractivity contribution is 6.07. The van der Waals surface area contributed by atoms with Crippen LogP contribution in [0.3, 0.4) is 0 Å². The molecule has 5 nitrogen and oxygen atoms in total. The molecule has 0 aliphatic rings. The minimum absolute atomic E-state index is 0.169. The molecule has 1 N–H and O–H groups in total. The van der Waals surface area contributed by atoms with E-state index >= 15 is 0 Å². The van der Waals surface area contributed by atoms with Gasteiger partial charge in [0.2, 0.25) is 0 Å². The van der Waals surface area contributed by atoms with E-state index in [4.69, 9.17) is 0 Å². The third kappa shape index (κ3) is 4.42. The zero-order chi connectivity index (χ0) is 25.4. The molecule has 0 unspecified atom stereocenters. The molecule has 0 atom stereocenters. The lowest BCUT2D eigenvalue weighted by atomic mass is 10.1. The number of aromatic nitrogens is 3. The van der Waals surface area contributed by atoms with Crippen LogP contribution in [0.15, 0.2) is 72.8 Å². The van der Waals surface area contributed by atoms with Crippen molar-refractivity contribution < 1.29 is 9.18 Å². The van der Waals surface area contributed by atoms with E-state index in [0.717, 1.165) is 34.4 Å². The van der Waals surface area contributed by atoms with Crippen LogP contribution < -0.4 is 5.32 Å². The van der Waals surface area contributed by atoms with Crippen LogP contribution in [0.1, 0.15) is 44.1 Å². The number of rotatable bonds is 6. The van der Waals surface area contributed by atoms with Crippen LogP contribution in [0.2, 0.25) is 0 Å². The van der Waals surface area contributed by atoms with Gasteiger partial charge in [-0.15, -0.1) is 0 Å². The summed E-state index contributed by atoms with van der Waals surface area (Å²) in [6.45, 7) is 9.33. The first-order chi connectivity index (χ1) is 17.3. The second-order valence-corrected chi connectivity index (χ2v) is 9.30. The highest BCUT2D eigenvalue weighted by Gasteiger charge is 2.18. The Hall–Kier alpha value is -4.19. The lowest BCUT2D eigenvalue weighted by molar-refractivity contribution is 0.102. The Morgan fingerprint density at radius 2 is 1.56 bits per heavy atom. The summed E-state index contributed by atoms with van der Waals surface area (Å²) in [5.41, 5.74) is 8.57. The van der Waals surface area contributed by atoms with E-state index in [2.05, 4.69) is 53.1 Å². The summed E-state index contributed by atoms with van der Waals surface area (Å²) in [7, 11) is 0. The molecule has 2 heterocycles. The van der Waals surface area contributed by atoms with Gasteiger partial charge >= 0.3 is 0 Å². The normalized spacial score (nSPS) is 11.2. The molecular formula is C30H29FN4O. The molecule has 36 heavy (non-hydrogen) atoms. The number of carbonyl (C=O) groups excluding carboxylic acids is 1. The predicted molar refractivity (Wildman–Crippen MR) is 142 cm³/mol. The number of amides is 1. The smallest absolute Gasteiger partial charge is 0.255 e. The van der Waals surface area contributed by atoms with Gasteiger partial charge in [0.25, 0.3) is 5.91 Å². The Morgan fingerprint density at radius 3 is 2.28 bits per heavy atom. The second kappa shape index (κ2) is 9.46. The Bertz CT molecular complexity index is 1560. The predicted octanol–water partition coefficient (Wildman–Crippen LogP) is 6.56. The molecular weight excluding hydrogens is 451 g/mol. The monoisotopic (exact) mass is 480 g/mol. The summed E-state index contributed by atoms with van der Waals surface area (Å²) in [5, 5.41) is 8.74. The number of benzene rings is 3. The summed E-state index contributed by atoms with van der Waals surface area (Å²) < 4.78 is 17.4. The number of aryl methyl sites for hydroxylation is 2. The lowest BCUT2D eigenvalue weighted by Crippen LogP contribution is -2.13. The van der Waals surface area contributed by atoms with E-state index in [-0.39, 0.29) is 11.7 Å². The molecule has 6 heteroatoms. The molecule has 0 saturated heterocycles. The number of hydrogen-bond donors (Lipinski definition) is 1. The van der Waals surface area contributed by atoms with Crippen LogP contribution in [0, 0.1) is 33.5 Å². The van der Waals surface area contributed by atoms with Gasteiger partial charge < -0.3 is 9.88 Å². The van der Waals surface area contributed by atoms with Crippen LogP contribution in [0.25, 0.3) is 10.9 Å². The second-order valence-electron chi connectivity index (χ2n) is 9.30. The number of hydrogen-bond acceptors (Lipinski definition) is 2. The molecule has 2 aromatic heterocycles. The van der Waals surface area contributed by atoms with Gasteiger partial charge in [-0.3, -0.25) is 9.48 Å². The molecule has 0 bridgehead atoms. The largest absolute Gasteiger partial charge is 0.340 e. The fraction of sp³-hybridized carbons (Fsp3) is 0.200. The van der Waals surface area contributed by atoms with Gasteiger partial charge in [-0.05, 0) is 74.7 Å². The zero-order valence-corrected chi connectivity index (χ0v) is 21.0. The van der Waals surface area contributed by atoms with Gasteiger partial charge in [-0.25, -0.2) is 4.39 Å². The zero-order valence-electron chi connectivity index (χ0n) is 21.0. The van der Waals surface area contributed by atoms with Crippen molar-refractivity contribution in [1.29, 1.82) is 0 Å². The average Bonchev–Trinajstić information content (AvgIpc) is 3.28. The third-order valence-corrected chi connectivity index (χ3v) is 6.95. The van der Waals surface area contributed by atoms with Gasteiger partial charge in [0, 0.05) is 28.7 Å². The Labute approximate surface area is 210 Å². The number of anilines is 1. The van der Waals surface area contributed by atoms with Crippen molar-refractivity contribution in [3.05, 3.63) is 118 Å². The molecule has 0 aliphatic carbocycles. The summed E-state index contributed by atoms with van der Waals surface area (Å²) >= 11 is 0. The third-order valence-electron chi connectivity index (χ3n) is 6.95. The summed E-state index contributed by atoms with van der Waals surface area (Å²) in [5.74, 6) is -0.435. The first-order valence-corrected chi connectivity index (χ1v) is 12.0. The molecule has 3 aromatic carbocycles. The van der Waals surface area contributed by atoms with Crippen molar-refractivity contribution in [3.8, 4) is 0 Å². The van der Waals surface area contributed by atoms with E-state index in [1.807, 2.05) is 42.8 Å². The fourth-order valence-corrected chi connectivity index (χ4v) is 4.74. The summed E-state index contributed by atoms with van der Waals surface area (Å²) in [4.78, 5) is 13.3. The highest BCUT2D eigenvalue weighted by atomic mass is 19.1. The fourth-order valence-electron chi connectivity index (χ4n) is 4.74. The molecule has 0 fully saturated rings. The highest BCUT2D eigenvalue weighted by Crippen LogP contribution is 2.28. The lowest BCUT2D eigenvalue weighted by Gasteiger charge is -2.10. The SMILES string of the molecule is Cc1nn(Cc2ccc(F)cc2)c(C)c1NC(=O)c1ccc2c(c1)c(C)c(C)n2Cc1ccccc1. The van der Waals surface area contributed by atoms with Crippen LogP contribution in [0.5, 0.6) is 0 Å². The van der Waals surface area contributed by atoms with Crippen molar-refractivity contribution in [3.63, 3.8) is 0 Å². The average molecular weight is 481 g/mol. The van der Waals surface area contributed by atoms with Crippen molar-refractivity contribution in [2.75, 3.05) is 5.32 Å². The maximum absolute atomic E-state index is 13.3. The van der Waals surface area contributed by atoms with Crippen molar-refractivity contribution in [1.82, 2.24) is 14.3 Å². The molecule has 0 aliphatic heterocycles. The number of carbonyl (C=O) groups is 1. The maximum Gasteiger partial charge on any atom is 0.255 e. The van der Waals surface area contributed by atoms with E-state index in [1.54, 1.807) is 12.1 Å². The van der Waals surface area contributed by atoms with Gasteiger partial charge in [-0.2, -0.15) is 5.10 Å². The number of halogens is 1. The van der Waals surface area contributed by atoms with Gasteiger partial charge in [0.1, 0.15) is 5.82 Å². The number of fused-ring (bicyclic) bond motifs is 1. The molecule has 0 spiro atoms. The quantitative estimate of drug-likeness (QED) is 0.299. The first-order valence-electron chi connectivity index (χ1n) is 12.0. The maximum atomic E-state index is 13.3. The topological polar surface area (TPSA) is 51.9 Å². The molecule has 5 aromatic rings. The van der Waals surface area contributed by atoms with Gasteiger partial charge in [-0.1, -0.05) is 42.5 Å². The molecule has 0 saturated carbocycles.